The summed E-state index contributed by atoms with van der Waals surface area (Å²) in [6.45, 7) is 2.00. The summed E-state index contributed by atoms with van der Waals surface area (Å²) in [5.74, 6) is 0.505. The number of aromatic nitrogens is 2. The van der Waals surface area contributed by atoms with E-state index in [-0.39, 0.29) is 24.2 Å². The fraction of sp³-hybridized carbons (Fsp3) is 0.179. The summed E-state index contributed by atoms with van der Waals surface area (Å²) in [4.78, 5) is 34.1. The van der Waals surface area contributed by atoms with Crippen molar-refractivity contribution in [1.29, 1.82) is 0 Å². The maximum absolute atomic E-state index is 15.3. The first kappa shape index (κ1) is 26.7. The molecule has 0 aliphatic carbocycles. The standard InChI is InChI=1S/C28H23F2N3O4S/c1-4-13-33(16-18-5-12-25-23(14-18)28(35)32-17(2)31-25)21-10-11-22(24(30)15-21)26(34)27(38(3,36)37)19-6-8-20(29)9-7-19/h1,5-12,14-15,27H,13,16H2,2-3H3,(H,31,32,35). The number of nitrogens with one attached hydrogen (secondary N) is 1. The zero-order valence-electron chi connectivity index (χ0n) is 20.5. The second kappa shape index (κ2) is 10.6. The minimum atomic E-state index is -4.00. The van der Waals surface area contributed by atoms with Gasteiger partial charge in [0.1, 0.15) is 22.7 Å². The number of H-pyrrole nitrogens is 1. The van der Waals surface area contributed by atoms with Crippen LogP contribution in [0.3, 0.4) is 0 Å². The van der Waals surface area contributed by atoms with Gasteiger partial charge in [-0.15, -0.1) is 6.42 Å². The molecule has 0 aliphatic heterocycles. The lowest BCUT2D eigenvalue weighted by Gasteiger charge is -2.23. The minimum absolute atomic E-state index is 0.0345. The number of carbonyl (C=O) groups is 1. The van der Waals surface area contributed by atoms with Crippen LogP contribution in [0.1, 0.15) is 32.6 Å². The predicted octanol–water partition coefficient (Wildman–Crippen LogP) is 4.12. The van der Waals surface area contributed by atoms with Gasteiger partial charge in [-0.2, -0.15) is 0 Å². The van der Waals surface area contributed by atoms with Gasteiger partial charge in [-0.05, 0) is 60.5 Å². The Morgan fingerprint density at radius 3 is 2.45 bits per heavy atom. The summed E-state index contributed by atoms with van der Waals surface area (Å²) in [5, 5.41) is -1.30. The summed E-state index contributed by atoms with van der Waals surface area (Å²) in [6.07, 6.45) is 6.40. The highest BCUT2D eigenvalue weighted by atomic mass is 32.2. The molecular formula is C28H23F2N3O4S. The number of anilines is 1. The SMILES string of the molecule is C#CCN(Cc1ccc2nc(C)[nH]c(=O)c2c1)c1ccc(C(=O)C(c2ccc(F)cc2)S(C)(=O)=O)c(F)c1. The Morgan fingerprint density at radius 1 is 1.11 bits per heavy atom. The molecule has 1 unspecified atom stereocenters. The lowest BCUT2D eigenvalue weighted by Crippen LogP contribution is -2.25. The molecule has 0 aliphatic rings. The number of hydrogen-bond donors (Lipinski definition) is 1. The highest BCUT2D eigenvalue weighted by molar-refractivity contribution is 7.91. The molecule has 0 saturated carbocycles. The molecule has 3 aromatic carbocycles. The largest absolute Gasteiger partial charge is 0.356 e. The van der Waals surface area contributed by atoms with Gasteiger partial charge >= 0.3 is 0 Å². The zero-order chi connectivity index (χ0) is 27.6. The summed E-state index contributed by atoms with van der Waals surface area (Å²) in [6, 6.07) is 13.4. The van der Waals surface area contributed by atoms with Gasteiger partial charge in [0, 0.05) is 18.5 Å². The third-order valence-electron chi connectivity index (χ3n) is 5.97. The number of nitrogens with zero attached hydrogens (tertiary/aromatic N) is 2. The van der Waals surface area contributed by atoms with Crippen molar-refractivity contribution in [3.63, 3.8) is 0 Å². The molecule has 0 radical (unpaired) electrons. The molecule has 1 heterocycles. The highest BCUT2D eigenvalue weighted by Gasteiger charge is 2.33. The highest BCUT2D eigenvalue weighted by Crippen LogP contribution is 2.29. The van der Waals surface area contributed by atoms with E-state index >= 15 is 4.39 Å². The van der Waals surface area contributed by atoms with Crippen LogP contribution in [0.2, 0.25) is 0 Å². The Kier molecular flexibility index (Phi) is 7.41. The van der Waals surface area contributed by atoms with Crippen LogP contribution in [0.5, 0.6) is 0 Å². The maximum atomic E-state index is 15.3. The van der Waals surface area contributed by atoms with Crippen molar-refractivity contribution in [3.8, 4) is 12.3 Å². The van der Waals surface area contributed by atoms with Crippen molar-refractivity contribution in [2.45, 2.75) is 18.7 Å². The van der Waals surface area contributed by atoms with Crippen LogP contribution in [0.25, 0.3) is 10.9 Å². The van der Waals surface area contributed by atoms with Crippen molar-refractivity contribution in [1.82, 2.24) is 9.97 Å². The van der Waals surface area contributed by atoms with E-state index in [1.54, 1.807) is 30.0 Å². The van der Waals surface area contributed by atoms with E-state index in [9.17, 15) is 22.4 Å². The summed E-state index contributed by atoms with van der Waals surface area (Å²) >= 11 is 0. The Hall–Kier alpha value is -4.36. The van der Waals surface area contributed by atoms with E-state index in [1.807, 2.05) is 0 Å². The molecule has 4 aromatic rings. The number of benzene rings is 3. The molecule has 38 heavy (non-hydrogen) atoms. The smallest absolute Gasteiger partial charge is 0.258 e. The van der Waals surface area contributed by atoms with Gasteiger partial charge in [-0.1, -0.05) is 24.1 Å². The van der Waals surface area contributed by atoms with Gasteiger partial charge < -0.3 is 9.88 Å². The fourth-order valence-electron chi connectivity index (χ4n) is 4.24. The van der Waals surface area contributed by atoms with Gasteiger partial charge in [-0.3, -0.25) is 9.59 Å². The molecule has 7 nitrogen and oxygen atoms in total. The van der Waals surface area contributed by atoms with E-state index in [1.165, 1.54) is 24.3 Å². The number of fused-ring (bicyclic) bond motifs is 1. The first-order chi connectivity index (χ1) is 18.0. The molecule has 4 rings (SSSR count). The Morgan fingerprint density at radius 2 is 1.82 bits per heavy atom. The first-order valence-electron chi connectivity index (χ1n) is 11.4. The van der Waals surface area contributed by atoms with Gasteiger partial charge in [0.05, 0.1) is 23.0 Å². The zero-order valence-corrected chi connectivity index (χ0v) is 21.4. The maximum Gasteiger partial charge on any atom is 0.258 e. The third kappa shape index (κ3) is 5.63. The normalized spacial score (nSPS) is 12.2. The second-order valence-electron chi connectivity index (χ2n) is 8.85. The monoisotopic (exact) mass is 535 g/mol. The van der Waals surface area contributed by atoms with E-state index in [2.05, 4.69) is 15.9 Å². The Labute approximate surface area is 218 Å². The minimum Gasteiger partial charge on any atom is -0.356 e. The van der Waals surface area contributed by atoms with Crippen LogP contribution in [0.4, 0.5) is 14.5 Å². The molecule has 10 heteroatoms. The molecule has 0 amide bonds. The van der Waals surface area contributed by atoms with Gasteiger partial charge in [0.15, 0.2) is 15.6 Å². The average Bonchev–Trinajstić information content (AvgIpc) is 2.84. The van der Waals surface area contributed by atoms with E-state index in [0.717, 1.165) is 30.0 Å². The summed E-state index contributed by atoms with van der Waals surface area (Å²) in [5.41, 5.74) is 0.936. The number of hydrogen-bond acceptors (Lipinski definition) is 6. The summed E-state index contributed by atoms with van der Waals surface area (Å²) in [7, 11) is -4.00. The van der Waals surface area contributed by atoms with Gasteiger partial charge in [0.2, 0.25) is 0 Å². The van der Waals surface area contributed by atoms with Crippen molar-refractivity contribution in [2.24, 2.45) is 0 Å². The van der Waals surface area contributed by atoms with Crippen molar-refractivity contribution in [3.05, 3.63) is 105 Å². The lowest BCUT2D eigenvalue weighted by molar-refractivity contribution is 0.0983. The van der Waals surface area contributed by atoms with Crippen molar-refractivity contribution in [2.75, 3.05) is 17.7 Å². The summed E-state index contributed by atoms with van der Waals surface area (Å²) < 4.78 is 53.5. The Bertz CT molecular complexity index is 1740. The number of carbonyl (C=O) groups excluding carboxylic acids is 1. The van der Waals surface area contributed by atoms with E-state index in [4.69, 9.17) is 6.42 Å². The average molecular weight is 536 g/mol. The molecular weight excluding hydrogens is 512 g/mol. The molecule has 1 aromatic heterocycles. The molecule has 194 valence electrons. The molecule has 0 saturated heterocycles. The van der Waals surface area contributed by atoms with Crippen molar-refractivity contribution >= 4 is 32.2 Å². The molecule has 1 atom stereocenters. The molecule has 0 bridgehead atoms. The topological polar surface area (TPSA) is 100 Å². The van der Waals surface area contributed by atoms with E-state index < -0.39 is 38.1 Å². The number of halogens is 2. The molecule has 1 N–H and O–H groups in total. The number of rotatable bonds is 8. The number of aryl methyl sites for hydroxylation is 1. The van der Waals surface area contributed by atoms with Gasteiger partial charge in [0.25, 0.3) is 5.56 Å². The van der Waals surface area contributed by atoms with Crippen LogP contribution in [-0.4, -0.2) is 37.0 Å². The van der Waals surface area contributed by atoms with Crippen LogP contribution in [-0.2, 0) is 16.4 Å². The quantitative estimate of drug-likeness (QED) is 0.269. The first-order valence-corrected chi connectivity index (χ1v) is 13.4. The van der Waals surface area contributed by atoms with Crippen molar-refractivity contribution < 1.29 is 22.0 Å². The fourth-order valence-corrected chi connectivity index (χ4v) is 5.41. The Balaban J connectivity index is 1.66. The van der Waals surface area contributed by atoms with Crippen LogP contribution in [0.15, 0.2) is 65.5 Å². The number of terminal acetylenes is 1. The number of ketones is 1. The van der Waals surface area contributed by atoms with E-state index in [0.29, 0.717) is 22.4 Å². The number of aromatic amines is 1. The number of sulfone groups is 1. The second-order valence-corrected chi connectivity index (χ2v) is 11.0. The lowest BCUT2D eigenvalue weighted by atomic mass is 10.0. The molecule has 0 spiro atoms. The molecule has 0 fully saturated rings. The van der Waals surface area contributed by atoms with Crippen LogP contribution >= 0.6 is 0 Å². The predicted molar refractivity (Wildman–Crippen MR) is 142 cm³/mol. The van der Waals surface area contributed by atoms with Gasteiger partial charge in [-0.25, -0.2) is 22.2 Å². The third-order valence-corrected chi connectivity index (χ3v) is 7.31. The number of Topliss-reactive ketones (excluding diaryl/α,β-unsaturated/α-hetero) is 1. The van der Waals surface area contributed by atoms with Crippen LogP contribution < -0.4 is 10.5 Å². The van der Waals surface area contributed by atoms with Crippen LogP contribution in [0, 0.1) is 30.9 Å².